The molecule has 17 heavy (non-hydrogen) atoms. The summed E-state index contributed by atoms with van der Waals surface area (Å²) in [7, 11) is 0. The number of benzene rings is 1. The van der Waals surface area contributed by atoms with Crippen LogP contribution in [0, 0.1) is 0 Å². The molecule has 0 fully saturated rings. The van der Waals surface area contributed by atoms with E-state index >= 15 is 0 Å². The van der Waals surface area contributed by atoms with Crippen molar-refractivity contribution in [2.24, 2.45) is 0 Å². The number of aliphatic hydroxyl groups is 1. The molecular formula is C13H18O4. The van der Waals surface area contributed by atoms with Crippen molar-refractivity contribution in [2.75, 3.05) is 6.61 Å². The van der Waals surface area contributed by atoms with Gasteiger partial charge in [-0.1, -0.05) is 12.1 Å². The van der Waals surface area contributed by atoms with E-state index in [4.69, 9.17) is 14.6 Å². The molecule has 0 atom stereocenters. The third kappa shape index (κ3) is 3.75. The Hall–Kier alpha value is -1.55. The van der Waals surface area contributed by atoms with E-state index in [0.29, 0.717) is 12.4 Å². The van der Waals surface area contributed by atoms with E-state index in [0.717, 1.165) is 5.56 Å². The van der Waals surface area contributed by atoms with Gasteiger partial charge in [-0.2, -0.15) is 0 Å². The number of rotatable bonds is 5. The van der Waals surface area contributed by atoms with Crippen LogP contribution in [0.15, 0.2) is 24.3 Å². The van der Waals surface area contributed by atoms with Crippen molar-refractivity contribution in [1.29, 1.82) is 0 Å². The quantitative estimate of drug-likeness (QED) is 0.796. The number of ether oxygens (including phenoxy) is 2. The van der Waals surface area contributed by atoms with E-state index in [-0.39, 0.29) is 6.61 Å². The second kappa shape index (κ2) is 5.68. The van der Waals surface area contributed by atoms with Gasteiger partial charge < -0.3 is 14.6 Å². The van der Waals surface area contributed by atoms with E-state index in [1.165, 1.54) is 0 Å². The summed E-state index contributed by atoms with van der Waals surface area (Å²) in [5.41, 5.74) is -0.300. The Morgan fingerprint density at radius 2 is 2.12 bits per heavy atom. The molecule has 0 heterocycles. The zero-order valence-electron chi connectivity index (χ0n) is 10.4. The minimum Gasteiger partial charge on any atom is -0.476 e. The van der Waals surface area contributed by atoms with Crippen molar-refractivity contribution in [3.63, 3.8) is 0 Å². The first-order valence-corrected chi connectivity index (χ1v) is 5.55. The fraction of sp³-hybridized carbons (Fsp3) is 0.462. The van der Waals surface area contributed by atoms with Crippen molar-refractivity contribution >= 4 is 5.97 Å². The van der Waals surface area contributed by atoms with Gasteiger partial charge in [-0.3, -0.25) is 0 Å². The molecule has 0 unspecified atom stereocenters. The lowest BCUT2D eigenvalue weighted by Gasteiger charge is -2.24. The highest BCUT2D eigenvalue weighted by molar-refractivity contribution is 5.79. The topological polar surface area (TPSA) is 55.8 Å². The van der Waals surface area contributed by atoms with Gasteiger partial charge in [0.15, 0.2) is 5.60 Å². The van der Waals surface area contributed by atoms with Crippen molar-refractivity contribution in [3.8, 4) is 5.75 Å². The first-order chi connectivity index (χ1) is 7.99. The number of hydrogen-bond donors (Lipinski definition) is 1. The lowest BCUT2D eigenvalue weighted by atomic mass is 10.1. The summed E-state index contributed by atoms with van der Waals surface area (Å²) in [6.45, 7) is 5.31. The van der Waals surface area contributed by atoms with Crippen LogP contribution < -0.4 is 4.74 Å². The maximum absolute atomic E-state index is 11.6. The summed E-state index contributed by atoms with van der Waals surface area (Å²) in [4.78, 5) is 11.6. The summed E-state index contributed by atoms with van der Waals surface area (Å²) < 4.78 is 10.5. The molecule has 0 radical (unpaired) electrons. The molecule has 0 saturated heterocycles. The van der Waals surface area contributed by atoms with Gasteiger partial charge in [-0.15, -0.1) is 0 Å². The van der Waals surface area contributed by atoms with Crippen LogP contribution >= 0.6 is 0 Å². The van der Waals surface area contributed by atoms with Gasteiger partial charge in [-0.25, -0.2) is 4.79 Å². The molecule has 1 N–H and O–H groups in total. The zero-order valence-corrected chi connectivity index (χ0v) is 10.4. The standard InChI is InChI=1S/C13H18O4/c1-4-16-12(15)13(2,3)17-11-7-5-6-10(8-11)9-14/h5-8,14H,4,9H2,1-3H3. The predicted octanol–water partition coefficient (Wildman–Crippen LogP) is 1.90. The maximum Gasteiger partial charge on any atom is 0.349 e. The molecule has 1 aromatic rings. The molecular weight excluding hydrogens is 220 g/mol. The van der Waals surface area contributed by atoms with Gasteiger partial charge in [0.05, 0.1) is 13.2 Å². The molecule has 0 aliphatic rings. The van der Waals surface area contributed by atoms with E-state index < -0.39 is 11.6 Å². The number of carbonyl (C=O) groups is 1. The van der Waals surface area contributed by atoms with Crippen molar-refractivity contribution in [1.82, 2.24) is 0 Å². The second-order valence-corrected chi connectivity index (χ2v) is 4.14. The summed E-state index contributed by atoms with van der Waals surface area (Å²) >= 11 is 0. The largest absolute Gasteiger partial charge is 0.476 e. The second-order valence-electron chi connectivity index (χ2n) is 4.14. The van der Waals surface area contributed by atoms with Gasteiger partial charge in [0.1, 0.15) is 5.75 Å². The highest BCUT2D eigenvalue weighted by Gasteiger charge is 2.31. The molecule has 0 spiro atoms. The van der Waals surface area contributed by atoms with Gasteiger partial charge in [0.2, 0.25) is 0 Å². The third-order valence-electron chi connectivity index (χ3n) is 2.22. The van der Waals surface area contributed by atoms with Gasteiger partial charge >= 0.3 is 5.97 Å². The molecule has 0 bridgehead atoms. The van der Waals surface area contributed by atoms with Gasteiger partial charge in [0, 0.05) is 0 Å². The van der Waals surface area contributed by atoms with E-state index in [2.05, 4.69) is 0 Å². The Kier molecular flexibility index (Phi) is 4.52. The molecule has 4 heteroatoms. The summed E-state index contributed by atoms with van der Waals surface area (Å²) in [6, 6.07) is 6.98. The number of esters is 1. The normalized spacial score (nSPS) is 11.1. The van der Waals surface area contributed by atoms with Crippen LogP contribution in [0.5, 0.6) is 5.75 Å². The molecule has 1 rings (SSSR count). The average molecular weight is 238 g/mol. The molecule has 4 nitrogen and oxygen atoms in total. The van der Waals surface area contributed by atoms with E-state index in [1.807, 2.05) is 0 Å². The van der Waals surface area contributed by atoms with Crippen molar-refractivity contribution < 1.29 is 19.4 Å². The Morgan fingerprint density at radius 3 is 2.71 bits per heavy atom. The molecule has 0 amide bonds. The van der Waals surface area contributed by atoms with Crippen LogP contribution in [0.25, 0.3) is 0 Å². The van der Waals surface area contributed by atoms with Crippen molar-refractivity contribution in [3.05, 3.63) is 29.8 Å². The van der Waals surface area contributed by atoms with Gasteiger partial charge in [-0.05, 0) is 38.5 Å². The lowest BCUT2D eigenvalue weighted by Crippen LogP contribution is -2.39. The molecule has 0 saturated carbocycles. The Balaban J connectivity index is 2.78. The molecule has 1 aromatic carbocycles. The van der Waals surface area contributed by atoms with Crippen LogP contribution in [0.1, 0.15) is 26.3 Å². The van der Waals surface area contributed by atoms with Crippen LogP contribution in [-0.4, -0.2) is 23.3 Å². The minimum absolute atomic E-state index is 0.0585. The Bertz CT molecular complexity index is 385. The monoisotopic (exact) mass is 238 g/mol. The maximum atomic E-state index is 11.6. The molecule has 0 aliphatic carbocycles. The first kappa shape index (κ1) is 13.5. The first-order valence-electron chi connectivity index (χ1n) is 5.55. The van der Waals surface area contributed by atoms with E-state index in [1.54, 1.807) is 45.0 Å². The summed E-state index contributed by atoms with van der Waals surface area (Å²) in [5, 5.41) is 9.01. The fourth-order valence-electron chi connectivity index (χ4n) is 1.35. The van der Waals surface area contributed by atoms with Crippen molar-refractivity contribution in [2.45, 2.75) is 33.0 Å². The Morgan fingerprint density at radius 1 is 1.41 bits per heavy atom. The molecule has 94 valence electrons. The SMILES string of the molecule is CCOC(=O)C(C)(C)Oc1cccc(CO)c1. The molecule has 0 aliphatic heterocycles. The van der Waals surface area contributed by atoms with E-state index in [9.17, 15) is 4.79 Å². The highest BCUT2D eigenvalue weighted by atomic mass is 16.6. The van der Waals surface area contributed by atoms with Gasteiger partial charge in [0.25, 0.3) is 0 Å². The van der Waals surface area contributed by atoms with Crippen LogP contribution in [0.4, 0.5) is 0 Å². The predicted molar refractivity (Wildman–Crippen MR) is 63.7 cm³/mol. The minimum atomic E-state index is -1.04. The molecule has 0 aromatic heterocycles. The van der Waals surface area contributed by atoms with Crippen LogP contribution in [0.3, 0.4) is 0 Å². The third-order valence-corrected chi connectivity index (χ3v) is 2.22. The summed E-state index contributed by atoms with van der Waals surface area (Å²) in [6.07, 6.45) is 0. The highest BCUT2D eigenvalue weighted by Crippen LogP contribution is 2.20. The Labute approximate surface area is 101 Å². The lowest BCUT2D eigenvalue weighted by molar-refractivity contribution is -0.158. The zero-order chi connectivity index (χ0) is 12.9. The fourth-order valence-corrected chi connectivity index (χ4v) is 1.35. The van der Waals surface area contributed by atoms with Crippen LogP contribution in [-0.2, 0) is 16.1 Å². The number of carbonyl (C=O) groups excluding carboxylic acids is 1. The average Bonchev–Trinajstić information content (AvgIpc) is 2.29. The van der Waals surface area contributed by atoms with Crippen LogP contribution in [0.2, 0.25) is 0 Å². The number of aliphatic hydroxyl groups excluding tert-OH is 1. The number of hydrogen-bond acceptors (Lipinski definition) is 4. The smallest absolute Gasteiger partial charge is 0.349 e. The summed E-state index contributed by atoms with van der Waals surface area (Å²) in [5.74, 6) is 0.129.